The molecule has 1 fully saturated rings. The van der Waals surface area contributed by atoms with Crippen molar-refractivity contribution in [1.82, 2.24) is 0 Å². The van der Waals surface area contributed by atoms with Gasteiger partial charge in [0.25, 0.3) is 0 Å². The highest BCUT2D eigenvalue weighted by atomic mass is 16.4. The van der Waals surface area contributed by atoms with Gasteiger partial charge in [-0.2, -0.15) is 0 Å². The Balaban J connectivity index is 2.12. The van der Waals surface area contributed by atoms with E-state index in [-0.39, 0.29) is 5.41 Å². The van der Waals surface area contributed by atoms with Crippen LogP contribution in [0.15, 0.2) is 24.3 Å². The predicted octanol–water partition coefficient (Wildman–Crippen LogP) is 2.37. The second-order valence-electron chi connectivity index (χ2n) is 4.02. The van der Waals surface area contributed by atoms with Gasteiger partial charge in [-0.25, -0.2) is 0 Å². The Morgan fingerprint density at radius 1 is 1.23 bits per heavy atom. The van der Waals surface area contributed by atoms with Crippen LogP contribution in [-0.2, 0) is 4.79 Å². The van der Waals surface area contributed by atoms with E-state index < -0.39 is 11.9 Å². The van der Waals surface area contributed by atoms with E-state index in [0.717, 1.165) is 0 Å². The fraction of sp³-hybridized carbons (Fsp3) is 0.545. The zero-order valence-corrected chi connectivity index (χ0v) is 7.57. The van der Waals surface area contributed by atoms with Crippen molar-refractivity contribution < 1.29 is 9.90 Å². The number of carbonyl (C=O) groups is 1. The number of hydrogen-bond acceptors (Lipinski definition) is 1. The van der Waals surface area contributed by atoms with Crippen molar-refractivity contribution in [2.45, 2.75) is 25.7 Å². The summed E-state index contributed by atoms with van der Waals surface area (Å²) in [5.41, 5.74) is 0.214. The standard InChI is InChI=1S/C11H14O2/c12-10(13)9-3-7-11(8-4-9)5-1-2-6-11/h3-4,7-9H,1-2,5-6H2,(H,12,13). The summed E-state index contributed by atoms with van der Waals surface area (Å²) in [6.45, 7) is 0. The molecule has 0 aromatic rings. The molecule has 2 aliphatic carbocycles. The van der Waals surface area contributed by atoms with Crippen LogP contribution >= 0.6 is 0 Å². The molecule has 0 heterocycles. The van der Waals surface area contributed by atoms with Crippen LogP contribution in [0.2, 0.25) is 0 Å². The Morgan fingerprint density at radius 2 is 1.77 bits per heavy atom. The molecule has 0 aliphatic heterocycles. The van der Waals surface area contributed by atoms with Crippen LogP contribution in [0.3, 0.4) is 0 Å². The molecule has 70 valence electrons. The molecule has 1 saturated carbocycles. The first-order chi connectivity index (χ1) is 6.22. The second kappa shape index (κ2) is 3.02. The van der Waals surface area contributed by atoms with Gasteiger partial charge in [0.15, 0.2) is 0 Å². The fourth-order valence-electron chi connectivity index (χ4n) is 2.24. The normalized spacial score (nSPS) is 25.5. The molecule has 2 heteroatoms. The van der Waals surface area contributed by atoms with Crippen LogP contribution in [0.1, 0.15) is 25.7 Å². The summed E-state index contributed by atoms with van der Waals surface area (Å²) in [4.78, 5) is 10.7. The van der Waals surface area contributed by atoms with E-state index in [1.54, 1.807) is 0 Å². The van der Waals surface area contributed by atoms with Crippen LogP contribution in [0.4, 0.5) is 0 Å². The maximum atomic E-state index is 10.7. The Labute approximate surface area is 78.0 Å². The van der Waals surface area contributed by atoms with E-state index in [9.17, 15) is 4.79 Å². The van der Waals surface area contributed by atoms with Crippen molar-refractivity contribution >= 4 is 5.97 Å². The van der Waals surface area contributed by atoms with Gasteiger partial charge in [0, 0.05) is 5.41 Å². The Morgan fingerprint density at radius 3 is 2.23 bits per heavy atom. The summed E-state index contributed by atoms with van der Waals surface area (Å²) < 4.78 is 0. The highest BCUT2D eigenvalue weighted by molar-refractivity contribution is 5.74. The van der Waals surface area contributed by atoms with Crippen LogP contribution in [0.5, 0.6) is 0 Å². The summed E-state index contributed by atoms with van der Waals surface area (Å²) in [6.07, 6.45) is 12.8. The van der Waals surface area contributed by atoms with Crippen LogP contribution in [0, 0.1) is 11.3 Å². The van der Waals surface area contributed by atoms with Crippen molar-refractivity contribution in [1.29, 1.82) is 0 Å². The minimum atomic E-state index is -0.750. The van der Waals surface area contributed by atoms with Gasteiger partial charge >= 0.3 is 5.97 Å². The van der Waals surface area contributed by atoms with Crippen molar-refractivity contribution in [3.05, 3.63) is 24.3 Å². The monoisotopic (exact) mass is 178 g/mol. The molecule has 0 bridgehead atoms. The minimum absolute atomic E-state index is 0.214. The largest absolute Gasteiger partial charge is 0.481 e. The number of allylic oxidation sites excluding steroid dienone is 2. The molecule has 2 aliphatic rings. The molecule has 0 amide bonds. The maximum absolute atomic E-state index is 10.7. The van der Waals surface area contributed by atoms with E-state index in [2.05, 4.69) is 12.2 Å². The van der Waals surface area contributed by atoms with Crippen LogP contribution in [-0.4, -0.2) is 11.1 Å². The molecule has 1 N–H and O–H groups in total. The first kappa shape index (κ1) is 8.54. The van der Waals surface area contributed by atoms with Gasteiger partial charge in [0.05, 0.1) is 5.92 Å². The van der Waals surface area contributed by atoms with Gasteiger partial charge in [-0.3, -0.25) is 4.79 Å². The van der Waals surface area contributed by atoms with Crippen LogP contribution < -0.4 is 0 Å². The topological polar surface area (TPSA) is 37.3 Å². The smallest absolute Gasteiger partial charge is 0.314 e. The molecule has 2 nitrogen and oxygen atoms in total. The van der Waals surface area contributed by atoms with Gasteiger partial charge < -0.3 is 5.11 Å². The average molecular weight is 178 g/mol. The van der Waals surface area contributed by atoms with Gasteiger partial charge in [-0.05, 0) is 12.8 Å². The summed E-state index contributed by atoms with van der Waals surface area (Å²) >= 11 is 0. The predicted molar refractivity (Wildman–Crippen MR) is 50.3 cm³/mol. The van der Waals surface area contributed by atoms with Crippen molar-refractivity contribution in [3.63, 3.8) is 0 Å². The van der Waals surface area contributed by atoms with E-state index in [1.807, 2.05) is 12.2 Å². The third-order valence-corrected chi connectivity index (χ3v) is 3.09. The zero-order valence-electron chi connectivity index (χ0n) is 7.57. The first-order valence-electron chi connectivity index (χ1n) is 4.83. The molecule has 0 atom stereocenters. The molecule has 0 radical (unpaired) electrons. The molecule has 1 spiro atoms. The summed E-state index contributed by atoms with van der Waals surface area (Å²) in [5.74, 6) is -1.15. The number of hydrogen-bond donors (Lipinski definition) is 1. The van der Waals surface area contributed by atoms with Gasteiger partial charge in [-0.1, -0.05) is 37.1 Å². The highest BCUT2D eigenvalue weighted by Gasteiger charge is 2.31. The number of rotatable bonds is 1. The number of aliphatic carboxylic acids is 1. The van der Waals surface area contributed by atoms with Crippen molar-refractivity contribution in [2.75, 3.05) is 0 Å². The lowest BCUT2D eigenvalue weighted by Crippen LogP contribution is -2.18. The Hall–Kier alpha value is -1.05. The summed E-state index contributed by atoms with van der Waals surface area (Å²) in [5, 5.41) is 8.77. The molecule has 2 rings (SSSR count). The molecule has 0 saturated heterocycles. The lowest BCUT2D eigenvalue weighted by Gasteiger charge is -2.24. The molecule has 0 unspecified atom stereocenters. The van der Waals surface area contributed by atoms with Crippen LogP contribution in [0.25, 0.3) is 0 Å². The van der Waals surface area contributed by atoms with E-state index in [1.165, 1.54) is 25.7 Å². The van der Waals surface area contributed by atoms with Gasteiger partial charge in [-0.15, -0.1) is 0 Å². The van der Waals surface area contributed by atoms with Gasteiger partial charge in [0.1, 0.15) is 0 Å². The molecule has 0 aromatic heterocycles. The number of carboxylic acid groups (broad SMARTS) is 1. The van der Waals surface area contributed by atoms with E-state index in [4.69, 9.17) is 5.11 Å². The highest BCUT2D eigenvalue weighted by Crippen LogP contribution is 2.42. The SMILES string of the molecule is O=C(O)C1C=CC2(C=C1)CCCC2. The van der Waals surface area contributed by atoms with E-state index in [0.29, 0.717) is 0 Å². The molecular formula is C11H14O2. The zero-order chi connectivity index (χ0) is 9.31. The van der Waals surface area contributed by atoms with Gasteiger partial charge in [0.2, 0.25) is 0 Å². The minimum Gasteiger partial charge on any atom is -0.481 e. The quantitative estimate of drug-likeness (QED) is 0.626. The molecular weight excluding hydrogens is 164 g/mol. The second-order valence-corrected chi connectivity index (χ2v) is 4.02. The molecule has 0 aromatic carbocycles. The third kappa shape index (κ3) is 1.53. The van der Waals surface area contributed by atoms with Crippen molar-refractivity contribution in [2.24, 2.45) is 11.3 Å². The number of carboxylic acids is 1. The lowest BCUT2D eigenvalue weighted by atomic mass is 9.80. The summed E-state index contributed by atoms with van der Waals surface area (Å²) in [6, 6.07) is 0. The van der Waals surface area contributed by atoms with Crippen molar-refractivity contribution in [3.8, 4) is 0 Å². The average Bonchev–Trinajstić information content (AvgIpc) is 2.54. The Bertz CT molecular complexity index is 254. The molecule has 13 heavy (non-hydrogen) atoms. The summed E-state index contributed by atoms with van der Waals surface area (Å²) in [7, 11) is 0. The third-order valence-electron chi connectivity index (χ3n) is 3.09. The first-order valence-corrected chi connectivity index (χ1v) is 4.83. The van der Waals surface area contributed by atoms with E-state index >= 15 is 0 Å². The lowest BCUT2D eigenvalue weighted by molar-refractivity contribution is -0.138. The Kier molecular flexibility index (Phi) is 1.98. The maximum Gasteiger partial charge on any atom is 0.314 e. The fourth-order valence-corrected chi connectivity index (χ4v) is 2.24.